The minimum Gasteiger partial charge on any atom is -0.261 e. The fraction of sp³-hybridized carbons (Fsp3) is 0.444. The summed E-state index contributed by atoms with van der Waals surface area (Å²) in [5, 5.41) is -1.86. The van der Waals surface area contributed by atoms with Crippen LogP contribution in [-0.2, 0) is 6.42 Å². The summed E-state index contributed by atoms with van der Waals surface area (Å²) in [4.78, 5) is 3.85. The zero-order valence-electron chi connectivity index (χ0n) is 7.48. The molecule has 0 amide bonds. The average Bonchev–Trinajstić information content (AvgIpc) is 2.07. The molecule has 0 radical (unpaired) electrons. The topological polar surface area (TPSA) is 12.9 Å². The molecule has 0 aliphatic rings. The van der Waals surface area contributed by atoms with E-state index >= 15 is 0 Å². The first kappa shape index (κ1) is 11.3. The lowest BCUT2D eigenvalue weighted by Crippen LogP contribution is -2.25. The van der Waals surface area contributed by atoms with Crippen LogP contribution in [0.1, 0.15) is 11.3 Å². The molecule has 0 aliphatic carbocycles. The highest BCUT2D eigenvalue weighted by Gasteiger charge is 2.38. The lowest BCUT2D eigenvalue weighted by molar-refractivity contribution is -0.130. The first-order valence-corrected chi connectivity index (χ1v) is 4.45. The highest BCUT2D eigenvalue weighted by molar-refractivity contribution is 6.21. The second kappa shape index (κ2) is 4.17. The van der Waals surface area contributed by atoms with Crippen LogP contribution in [0.3, 0.4) is 0 Å². The third-order valence-corrected chi connectivity index (χ3v) is 2.12. The van der Waals surface area contributed by atoms with E-state index in [1.165, 1.54) is 6.20 Å². The van der Waals surface area contributed by atoms with Crippen molar-refractivity contribution in [1.82, 2.24) is 4.98 Å². The molecular weight excluding hydrogens is 215 g/mol. The molecule has 14 heavy (non-hydrogen) atoms. The summed E-state index contributed by atoms with van der Waals surface area (Å²) in [6.07, 6.45) is -3.13. The Morgan fingerprint density at radius 2 is 2.07 bits per heavy atom. The third kappa shape index (κ3) is 3.18. The summed E-state index contributed by atoms with van der Waals surface area (Å²) in [6, 6.07) is 3.26. The van der Waals surface area contributed by atoms with Gasteiger partial charge in [-0.15, -0.1) is 11.6 Å². The molecule has 0 saturated carbocycles. The zero-order chi connectivity index (χ0) is 10.8. The van der Waals surface area contributed by atoms with Crippen molar-refractivity contribution in [1.29, 1.82) is 0 Å². The lowest BCUT2D eigenvalue weighted by Gasteiger charge is -2.12. The van der Waals surface area contributed by atoms with Gasteiger partial charge < -0.3 is 0 Å². The number of alkyl halides is 4. The molecule has 0 saturated heterocycles. The monoisotopic (exact) mass is 223 g/mol. The van der Waals surface area contributed by atoms with Gasteiger partial charge in [0.15, 0.2) is 0 Å². The maximum Gasteiger partial charge on any atom is 0.405 e. The van der Waals surface area contributed by atoms with Crippen LogP contribution in [0.4, 0.5) is 13.2 Å². The van der Waals surface area contributed by atoms with Crippen LogP contribution in [0.15, 0.2) is 18.3 Å². The number of rotatable bonds is 2. The number of halogens is 4. The molecule has 1 unspecified atom stereocenters. The first-order chi connectivity index (χ1) is 6.39. The van der Waals surface area contributed by atoms with Gasteiger partial charge in [-0.2, -0.15) is 13.2 Å². The van der Waals surface area contributed by atoms with E-state index in [0.717, 1.165) is 5.56 Å². The maximum atomic E-state index is 12.1. The molecule has 0 N–H and O–H groups in total. The largest absolute Gasteiger partial charge is 0.405 e. The molecule has 0 bridgehead atoms. The molecule has 0 aromatic carbocycles. The van der Waals surface area contributed by atoms with E-state index < -0.39 is 11.6 Å². The van der Waals surface area contributed by atoms with Crippen molar-refractivity contribution in [3.05, 3.63) is 29.6 Å². The minimum atomic E-state index is -4.37. The van der Waals surface area contributed by atoms with Gasteiger partial charge in [-0.3, -0.25) is 4.98 Å². The van der Waals surface area contributed by atoms with Gasteiger partial charge in [0.2, 0.25) is 0 Å². The summed E-state index contributed by atoms with van der Waals surface area (Å²) < 4.78 is 36.2. The molecule has 1 nitrogen and oxygen atoms in total. The number of pyridine rings is 1. The summed E-state index contributed by atoms with van der Waals surface area (Å²) in [6.45, 7) is 1.82. The van der Waals surface area contributed by atoms with Crippen molar-refractivity contribution in [2.45, 2.75) is 24.9 Å². The number of aromatic nitrogens is 1. The van der Waals surface area contributed by atoms with Crippen molar-refractivity contribution >= 4 is 11.6 Å². The van der Waals surface area contributed by atoms with Crippen LogP contribution in [0.5, 0.6) is 0 Å². The Morgan fingerprint density at radius 3 is 2.50 bits per heavy atom. The van der Waals surface area contributed by atoms with Crippen molar-refractivity contribution in [2.75, 3.05) is 0 Å². The van der Waals surface area contributed by atoms with Gasteiger partial charge in [-0.05, 0) is 18.6 Å². The van der Waals surface area contributed by atoms with E-state index in [1.807, 2.05) is 6.92 Å². The number of hydrogen-bond donors (Lipinski definition) is 0. The number of nitrogens with zero attached hydrogens (tertiary/aromatic N) is 1. The minimum absolute atomic E-state index is 0.286. The van der Waals surface area contributed by atoms with Crippen LogP contribution in [0, 0.1) is 6.92 Å². The van der Waals surface area contributed by atoms with Crippen molar-refractivity contribution < 1.29 is 13.2 Å². The molecule has 0 fully saturated rings. The number of hydrogen-bond acceptors (Lipinski definition) is 1. The second-order valence-corrected chi connectivity index (χ2v) is 3.57. The molecule has 1 atom stereocenters. The van der Waals surface area contributed by atoms with E-state index in [0.29, 0.717) is 5.69 Å². The molecule has 1 aromatic rings. The van der Waals surface area contributed by atoms with E-state index in [9.17, 15) is 13.2 Å². The van der Waals surface area contributed by atoms with Gasteiger partial charge in [-0.1, -0.05) is 6.07 Å². The van der Waals surface area contributed by atoms with Crippen molar-refractivity contribution in [3.8, 4) is 0 Å². The Kier molecular flexibility index (Phi) is 3.37. The SMILES string of the molecule is Cc1ccc(CC(Cl)C(F)(F)F)nc1. The van der Waals surface area contributed by atoms with Gasteiger partial charge in [0.25, 0.3) is 0 Å². The van der Waals surface area contributed by atoms with E-state index in [1.54, 1.807) is 12.1 Å². The Hall–Kier alpha value is -0.770. The van der Waals surface area contributed by atoms with Gasteiger partial charge >= 0.3 is 6.18 Å². The average molecular weight is 224 g/mol. The number of aryl methyl sites for hydroxylation is 1. The normalized spacial score (nSPS) is 14.1. The fourth-order valence-corrected chi connectivity index (χ4v) is 1.08. The van der Waals surface area contributed by atoms with Crippen LogP contribution >= 0.6 is 11.6 Å². The maximum absolute atomic E-state index is 12.1. The molecule has 1 heterocycles. The fourth-order valence-electron chi connectivity index (χ4n) is 0.919. The smallest absolute Gasteiger partial charge is 0.261 e. The highest BCUT2D eigenvalue weighted by atomic mass is 35.5. The molecule has 78 valence electrons. The van der Waals surface area contributed by atoms with E-state index in [4.69, 9.17) is 11.6 Å². The summed E-state index contributed by atoms with van der Waals surface area (Å²) in [7, 11) is 0. The molecular formula is C9H9ClF3N. The Morgan fingerprint density at radius 1 is 1.43 bits per heavy atom. The summed E-state index contributed by atoms with van der Waals surface area (Å²) in [5.74, 6) is 0. The van der Waals surface area contributed by atoms with Gasteiger partial charge in [0.1, 0.15) is 5.38 Å². The predicted molar refractivity (Wildman–Crippen MR) is 48.4 cm³/mol. The predicted octanol–water partition coefficient (Wildman–Crippen LogP) is 3.10. The Balaban J connectivity index is 2.65. The quantitative estimate of drug-likeness (QED) is 0.702. The van der Waals surface area contributed by atoms with Crippen molar-refractivity contribution in [3.63, 3.8) is 0 Å². The van der Waals surface area contributed by atoms with Crippen LogP contribution in [-0.4, -0.2) is 16.5 Å². The van der Waals surface area contributed by atoms with Crippen molar-refractivity contribution in [2.24, 2.45) is 0 Å². The van der Waals surface area contributed by atoms with Gasteiger partial charge in [-0.25, -0.2) is 0 Å². The molecule has 5 heteroatoms. The standard InChI is InChI=1S/C9H9ClF3N/c1-6-2-3-7(14-5-6)4-8(10)9(11,12)13/h2-3,5,8H,4H2,1H3. The van der Waals surface area contributed by atoms with E-state index in [2.05, 4.69) is 4.98 Å². The summed E-state index contributed by atoms with van der Waals surface area (Å²) in [5.41, 5.74) is 1.26. The Bertz CT molecular complexity index is 294. The molecule has 0 aliphatic heterocycles. The van der Waals surface area contributed by atoms with Gasteiger partial charge in [0.05, 0.1) is 0 Å². The first-order valence-electron chi connectivity index (χ1n) is 4.02. The van der Waals surface area contributed by atoms with Crippen LogP contribution in [0.25, 0.3) is 0 Å². The molecule has 1 rings (SSSR count). The lowest BCUT2D eigenvalue weighted by atomic mass is 10.2. The molecule has 0 spiro atoms. The molecule has 1 aromatic heterocycles. The second-order valence-electron chi connectivity index (χ2n) is 3.04. The van der Waals surface area contributed by atoms with Gasteiger partial charge in [0, 0.05) is 18.3 Å². The van der Waals surface area contributed by atoms with Crippen LogP contribution < -0.4 is 0 Å². The van der Waals surface area contributed by atoms with E-state index in [-0.39, 0.29) is 6.42 Å². The Labute approximate surface area is 84.9 Å². The zero-order valence-corrected chi connectivity index (χ0v) is 8.23. The highest BCUT2D eigenvalue weighted by Crippen LogP contribution is 2.27. The summed E-state index contributed by atoms with van der Waals surface area (Å²) >= 11 is 5.17. The third-order valence-electron chi connectivity index (χ3n) is 1.72. The van der Waals surface area contributed by atoms with Crippen LogP contribution in [0.2, 0.25) is 0 Å².